The number of hydrogen-bond donors (Lipinski definition) is 0. The Hall–Kier alpha value is -6.55. The maximum Gasteiger partial charge on any atom is 0.0747 e. The van der Waals surface area contributed by atoms with Gasteiger partial charge < -0.3 is 4.57 Å². The van der Waals surface area contributed by atoms with Gasteiger partial charge in [-0.25, -0.2) is 0 Å². The average Bonchev–Trinajstić information content (AvgIpc) is 3.77. The lowest BCUT2D eigenvalue weighted by molar-refractivity contribution is 0.790. The van der Waals surface area contributed by atoms with Gasteiger partial charge in [0, 0.05) is 49.7 Å². The van der Waals surface area contributed by atoms with Crippen LogP contribution in [-0.4, -0.2) is 10.3 Å². The summed E-state index contributed by atoms with van der Waals surface area (Å²) >= 11 is 1.92. The lowest BCUT2D eigenvalue weighted by atomic mass is 9.84. The van der Waals surface area contributed by atoms with Gasteiger partial charge in [-0.3, -0.25) is 4.99 Å². The van der Waals surface area contributed by atoms with Crippen LogP contribution in [0.25, 0.3) is 80.5 Å². The summed E-state index contributed by atoms with van der Waals surface area (Å²) in [4.78, 5) is 5.83. The van der Waals surface area contributed by atoms with Crippen LogP contribution in [0.2, 0.25) is 0 Å². The molecule has 2 aromatic heterocycles. The van der Waals surface area contributed by atoms with E-state index < -0.39 is 0 Å². The fourth-order valence-electron chi connectivity index (χ4n) is 9.46. The molecule has 2 nitrogen and oxygen atoms in total. The highest BCUT2D eigenvalue weighted by Gasteiger charge is 2.29. The summed E-state index contributed by atoms with van der Waals surface area (Å²) in [6, 6.07) is 60.9. The molecule has 0 spiro atoms. The molecular weight excluding hydrogens is 697 g/mol. The third kappa shape index (κ3) is 4.77. The molecule has 0 N–H and O–H groups in total. The molecule has 0 aliphatic carbocycles. The molecule has 10 aromatic rings. The largest absolute Gasteiger partial charge is 0.307 e. The Morgan fingerprint density at radius 1 is 0.571 bits per heavy atom. The minimum absolute atomic E-state index is 0.206. The van der Waals surface area contributed by atoms with Crippen molar-refractivity contribution in [3.63, 3.8) is 0 Å². The van der Waals surface area contributed by atoms with E-state index in [1.807, 2.05) is 11.3 Å². The van der Waals surface area contributed by atoms with Crippen LogP contribution in [0.15, 0.2) is 180 Å². The normalized spacial score (nSPS) is 18.9. The predicted molar refractivity (Wildman–Crippen MR) is 240 cm³/mol. The number of fused-ring (bicyclic) bond motifs is 14. The molecule has 56 heavy (non-hydrogen) atoms. The van der Waals surface area contributed by atoms with Crippen molar-refractivity contribution in [3.05, 3.63) is 198 Å². The Kier molecular flexibility index (Phi) is 6.94. The first kappa shape index (κ1) is 31.8. The van der Waals surface area contributed by atoms with Crippen molar-refractivity contribution in [3.8, 4) is 5.69 Å². The van der Waals surface area contributed by atoms with E-state index >= 15 is 0 Å². The molecule has 1 atom stereocenters. The predicted octanol–water partition coefficient (Wildman–Crippen LogP) is 14.3. The maximum atomic E-state index is 5.83. The fraction of sp³-hybridized carbons (Fsp3) is 0.0755. The Labute approximate surface area is 329 Å². The van der Waals surface area contributed by atoms with Crippen molar-refractivity contribution in [2.24, 2.45) is 10.9 Å². The first-order valence-corrected chi connectivity index (χ1v) is 20.5. The van der Waals surface area contributed by atoms with E-state index in [9.17, 15) is 0 Å². The van der Waals surface area contributed by atoms with Crippen molar-refractivity contribution < 1.29 is 0 Å². The summed E-state index contributed by atoms with van der Waals surface area (Å²) < 4.78 is 5.24. The fourth-order valence-corrected chi connectivity index (χ4v) is 10.7. The van der Waals surface area contributed by atoms with E-state index in [1.165, 1.54) is 97.0 Å². The van der Waals surface area contributed by atoms with Crippen molar-refractivity contribution >= 4 is 91.8 Å². The highest BCUT2D eigenvalue weighted by Crippen LogP contribution is 2.48. The van der Waals surface area contributed by atoms with Gasteiger partial charge in [0.05, 0.1) is 32.8 Å². The highest BCUT2D eigenvalue weighted by molar-refractivity contribution is 7.26. The van der Waals surface area contributed by atoms with E-state index in [1.54, 1.807) is 0 Å². The van der Waals surface area contributed by atoms with E-state index in [-0.39, 0.29) is 5.92 Å². The van der Waals surface area contributed by atoms with E-state index in [4.69, 9.17) is 4.99 Å². The van der Waals surface area contributed by atoms with Crippen LogP contribution in [0.4, 0.5) is 0 Å². The Bertz CT molecular complexity index is 3370. The smallest absolute Gasteiger partial charge is 0.0747 e. The topological polar surface area (TPSA) is 17.3 Å². The molecule has 0 radical (unpaired) electrons. The first-order valence-electron chi connectivity index (χ1n) is 19.6. The molecule has 8 aromatic carbocycles. The summed E-state index contributed by atoms with van der Waals surface area (Å²) in [6.07, 6.45) is 4.19. The second-order valence-electron chi connectivity index (χ2n) is 15.5. The number of nitrogens with zero attached hydrogens (tertiary/aromatic N) is 2. The number of benzene rings is 8. The first-order chi connectivity index (χ1) is 27.7. The molecule has 2 bridgehead atoms. The second-order valence-corrected chi connectivity index (χ2v) is 16.6. The molecule has 4 heterocycles. The van der Waals surface area contributed by atoms with Gasteiger partial charge in [-0.1, -0.05) is 146 Å². The Morgan fingerprint density at radius 2 is 1.29 bits per heavy atom. The van der Waals surface area contributed by atoms with E-state index in [2.05, 4.69) is 181 Å². The van der Waals surface area contributed by atoms with Gasteiger partial charge in [0.25, 0.3) is 0 Å². The molecule has 0 amide bonds. The molecule has 264 valence electrons. The van der Waals surface area contributed by atoms with Gasteiger partial charge in [-0.05, 0) is 80.6 Å². The second kappa shape index (κ2) is 12.2. The van der Waals surface area contributed by atoms with Crippen LogP contribution in [0.5, 0.6) is 0 Å². The number of aliphatic imine (C=N–C) groups is 1. The van der Waals surface area contributed by atoms with Gasteiger partial charge >= 0.3 is 0 Å². The molecule has 3 heteroatoms. The zero-order valence-electron chi connectivity index (χ0n) is 31.0. The zero-order valence-corrected chi connectivity index (χ0v) is 31.8. The van der Waals surface area contributed by atoms with Crippen LogP contribution in [0, 0.1) is 5.92 Å². The van der Waals surface area contributed by atoms with Gasteiger partial charge in [0.1, 0.15) is 0 Å². The van der Waals surface area contributed by atoms with E-state index in [0.29, 0.717) is 0 Å². The van der Waals surface area contributed by atoms with Crippen LogP contribution in [0.1, 0.15) is 35.6 Å². The summed E-state index contributed by atoms with van der Waals surface area (Å²) in [5.74, 6) is 0.206. The molecular formula is C53H36N2S. The number of hydrogen-bond acceptors (Lipinski definition) is 2. The quantitative estimate of drug-likeness (QED) is 0.168. The van der Waals surface area contributed by atoms with Crippen molar-refractivity contribution in [2.75, 3.05) is 0 Å². The van der Waals surface area contributed by atoms with Gasteiger partial charge in [0.2, 0.25) is 0 Å². The minimum atomic E-state index is 0.206. The molecule has 0 saturated carbocycles. The Balaban J connectivity index is 1.26. The van der Waals surface area contributed by atoms with Crippen LogP contribution in [-0.2, 0) is 6.42 Å². The van der Waals surface area contributed by atoms with Crippen LogP contribution < -0.4 is 0 Å². The standard InChI is InChI=1S/C53H36N2S/c1-32-19-23-40-43-25-26-44-42-17-9-10-18-49(42)56-53(44)52(43)55-47-28-33(20-24-41(47)45-30-37-15-7-8-16-38(37)31-48(45)55)27-46(40)51(54-50(32)35-12-3-2-4-13-35)39-22-21-34-11-5-6-14-36(34)29-39/h2-18,20-26,28-32H,19,27H2,1H3/b40-23+,51-46-,54-50+. The summed E-state index contributed by atoms with van der Waals surface area (Å²) in [7, 11) is 0. The number of rotatable bonds is 2. The van der Waals surface area contributed by atoms with Crippen LogP contribution >= 0.6 is 11.3 Å². The molecule has 0 fully saturated rings. The molecule has 12 rings (SSSR count). The maximum absolute atomic E-state index is 5.83. The molecule has 2 aliphatic heterocycles. The lowest BCUT2D eigenvalue weighted by Crippen LogP contribution is -2.15. The number of aromatic nitrogens is 1. The van der Waals surface area contributed by atoms with Crippen LogP contribution in [0.3, 0.4) is 0 Å². The SMILES string of the molecule is CC1C/C=C2/C(=C(c3ccc4ccccc4c3)\N=C/1c1ccccc1)Cc1ccc3c4cc5ccccc5cc4n(c3c1)-c1c2ccc2c1sc1ccccc12. The highest BCUT2D eigenvalue weighted by atomic mass is 32.1. The monoisotopic (exact) mass is 732 g/mol. The average molecular weight is 733 g/mol. The number of allylic oxidation sites excluding steroid dienone is 3. The van der Waals surface area contributed by atoms with Gasteiger partial charge in [-0.2, -0.15) is 0 Å². The molecule has 1 unspecified atom stereocenters. The van der Waals surface area contributed by atoms with Gasteiger partial charge in [0.15, 0.2) is 0 Å². The number of thiophene rings is 1. The minimum Gasteiger partial charge on any atom is -0.307 e. The van der Waals surface area contributed by atoms with Crippen molar-refractivity contribution in [2.45, 2.75) is 19.8 Å². The molecule has 0 saturated heterocycles. The lowest BCUT2D eigenvalue weighted by Gasteiger charge is -2.25. The van der Waals surface area contributed by atoms with Crippen molar-refractivity contribution in [1.82, 2.24) is 4.57 Å². The third-order valence-electron chi connectivity index (χ3n) is 12.2. The summed E-state index contributed by atoms with van der Waals surface area (Å²) in [5, 5.41) is 10.2. The summed E-state index contributed by atoms with van der Waals surface area (Å²) in [5.41, 5.74) is 13.4. The van der Waals surface area contributed by atoms with Crippen molar-refractivity contribution in [1.29, 1.82) is 0 Å². The summed E-state index contributed by atoms with van der Waals surface area (Å²) in [6.45, 7) is 2.34. The molecule has 2 aliphatic rings. The zero-order chi connectivity index (χ0) is 36.9. The Morgan fingerprint density at radius 3 is 2.14 bits per heavy atom. The van der Waals surface area contributed by atoms with Gasteiger partial charge in [-0.15, -0.1) is 11.3 Å². The third-order valence-corrected chi connectivity index (χ3v) is 13.4. The van der Waals surface area contributed by atoms with E-state index in [0.717, 1.165) is 29.8 Å².